The highest BCUT2D eigenvalue weighted by atomic mass is 35.5. The Bertz CT molecular complexity index is 2080. The number of aliphatic hydroxyl groups excluding tert-OH is 2. The molecule has 2 atom stereocenters. The summed E-state index contributed by atoms with van der Waals surface area (Å²) in [4.78, 5) is 12.8. The third kappa shape index (κ3) is 9.84. The molecule has 0 radical (unpaired) electrons. The van der Waals surface area contributed by atoms with Gasteiger partial charge in [-0.2, -0.15) is 0 Å². The van der Waals surface area contributed by atoms with Gasteiger partial charge >= 0.3 is 0 Å². The van der Waals surface area contributed by atoms with Gasteiger partial charge in [-0.05, 0) is 106 Å². The van der Waals surface area contributed by atoms with Gasteiger partial charge in [0.15, 0.2) is 11.4 Å². The Morgan fingerprint density at radius 1 is 0.906 bits per heavy atom. The number of carbonyl (C=O) groups excluding carboxylic acids is 1. The molecule has 0 saturated heterocycles. The molecule has 0 aliphatic carbocycles. The molecule has 0 spiro atoms. The number of para-hydroxylation sites is 1. The molecular formula is C44H45ClFNO6. The number of halogens is 2. The number of ether oxygens (including phenoxy) is 3. The van der Waals surface area contributed by atoms with Crippen LogP contribution in [0.3, 0.4) is 0 Å². The number of hydrogen-bond donors (Lipinski definition) is 2. The summed E-state index contributed by atoms with van der Waals surface area (Å²) in [5, 5.41) is 23.2. The summed E-state index contributed by atoms with van der Waals surface area (Å²) in [5.41, 5.74) is 3.81. The topological polar surface area (TPSA) is 90.2 Å². The zero-order chi connectivity index (χ0) is 38.3. The second-order valence-electron chi connectivity index (χ2n) is 13.6. The van der Waals surface area contributed by atoms with E-state index in [0.29, 0.717) is 27.7 Å². The highest BCUT2D eigenvalue weighted by Crippen LogP contribution is 2.38. The van der Waals surface area contributed by atoms with Crippen LogP contribution in [0.25, 0.3) is 28.1 Å². The van der Waals surface area contributed by atoms with Crippen LogP contribution in [0.5, 0.6) is 5.75 Å². The number of rotatable bonds is 17. The highest BCUT2D eigenvalue weighted by Gasteiger charge is 2.26. The zero-order valence-electron chi connectivity index (χ0n) is 30.4. The minimum Gasteiger partial charge on any atom is -0.480 e. The number of aromatic nitrogens is 1. The second kappa shape index (κ2) is 17.1. The Balaban J connectivity index is 1.12. The Labute approximate surface area is 315 Å². The van der Waals surface area contributed by atoms with Gasteiger partial charge in [-0.3, -0.25) is 4.79 Å². The van der Waals surface area contributed by atoms with E-state index in [1.807, 2.05) is 30.3 Å². The summed E-state index contributed by atoms with van der Waals surface area (Å²) in [6.45, 7) is 15.4. The number of hydrogen-bond acceptors (Lipinski definition) is 6. The minimum absolute atomic E-state index is 0.0468. The van der Waals surface area contributed by atoms with E-state index in [2.05, 4.69) is 31.6 Å². The molecule has 1 aromatic heterocycles. The summed E-state index contributed by atoms with van der Waals surface area (Å²) in [6, 6.07) is 28.0. The van der Waals surface area contributed by atoms with Gasteiger partial charge in [0.25, 0.3) is 0 Å². The molecule has 9 heteroatoms. The third-order valence-corrected chi connectivity index (χ3v) is 9.07. The Morgan fingerprint density at radius 3 is 2.17 bits per heavy atom. The maximum Gasteiger partial charge on any atom is 0.230 e. The molecule has 0 saturated carbocycles. The van der Waals surface area contributed by atoms with E-state index in [4.69, 9.17) is 25.8 Å². The molecule has 0 aliphatic rings. The normalized spacial score (nSPS) is 12.9. The van der Waals surface area contributed by atoms with Crippen molar-refractivity contribution in [3.63, 3.8) is 0 Å². The van der Waals surface area contributed by atoms with Crippen LogP contribution < -0.4 is 4.74 Å². The Kier molecular flexibility index (Phi) is 12.6. The van der Waals surface area contributed by atoms with Crippen LogP contribution >= 0.6 is 11.6 Å². The molecule has 5 aromatic rings. The molecule has 0 amide bonds. The van der Waals surface area contributed by atoms with Crippen LogP contribution in [-0.2, 0) is 9.47 Å². The molecule has 2 N–H and O–H groups in total. The lowest BCUT2D eigenvalue weighted by Crippen LogP contribution is -2.32. The van der Waals surface area contributed by atoms with Gasteiger partial charge in [-0.15, -0.1) is 0 Å². The maximum atomic E-state index is 13.8. The standard InChI is InChI=1S/C44H45ClFNO6/c1-28(2)47-40-10-8-7-9-39(40)42(31-13-19-35(46)20-14-31)41(47)24-21-36(48)26-37(49)25-29(3)51-27-52-30(4)44(5,6)53-38-22-15-33(16-23-38)43(50)32-11-17-34(45)18-12-32/h7-24,28,36-37,48-49H,3-4,25-27H2,1-2,5-6H3/b24-21+/t36-,37+/m0/s1. The molecule has 5 rings (SSSR count). The predicted molar refractivity (Wildman–Crippen MR) is 209 cm³/mol. The van der Waals surface area contributed by atoms with Gasteiger partial charge in [0, 0.05) is 57.2 Å². The number of nitrogens with zero attached hydrogens (tertiary/aromatic N) is 1. The van der Waals surface area contributed by atoms with Crippen molar-refractivity contribution in [1.82, 2.24) is 4.57 Å². The van der Waals surface area contributed by atoms with Crippen molar-refractivity contribution < 1.29 is 33.6 Å². The fourth-order valence-electron chi connectivity index (χ4n) is 6.04. The van der Waals surface area contributed by atoms with Crippen molar-refractivity contribution in [3.8, 4) is 16.9 Å². The average molecular weight is 738 g/mol. The molecule has 0 fully saturated rings. The number of benzene rings is 4. The van der Waals surface area contributed by atoms with Gasteiger partial charge < -0.3 is 29.0 Å². The Hall–Kier alpha value is -5.15. The molecule has 4 aromatic carbocycles. The van der Waals surface area contributed by atoms with Crippen LogP contribution in [0.4, 0.5) is 4.39 Å². The van der Waals surface area contributed by atoms with Crippen molar-refractivity contribution >= 4 is 34.4 Å². The van der Waals surface area contributed by atoms with Gasteiger partial charge in [-0.1, -0.05) is 61.2 Å². The average Bonchev–Trinajstić information content (AvgIpc) is 3.45. The van der Waals surface area contributed by atoms with Crippen LogP contribution in [0, 0.1) is 5.82 Å². The van der Waals surface area contributed by atoms with Gasteiger partial charge in [0.05, 0.1) is 18.0 Å². The smallest absolute Gasteiger partial charge is 0.230 e. The van der Waals surface area contributed by atoms with Gasteiger partial charge in [0.1, 0.15) is 17.3 Å². The van der Waals surface area contributed by atoms with Crippen LogP contribution in [0.1, 0.15) is 68.2 Å². The maximum absolute atomic E-state index is 13.8. The fourth-order valence-corrected chi connectivity index (χ4v) is 6.17. The van der Waals surface area contributed by atoms with Crippen molar-refractivity contribution in [2.24, 2.45) is 0 Å². The van der Waals surface area contributed by atoms with Crippen LogP contribution in [0.2, 0.25) is 5.02 Å². The van der Waals surface area contributed by atoms with E-state index in [9.17, 15) is 19.4 Å². The predicted octanol–water partition coefficient (Wildman–Crippen LogP) is 10.3. The van der Waals surface area contributed by atoms with Crippen molar-refractivity contribution in [1.29, 1.82) is 0 Å². The second-order valence-corrected chi connectivity index (χ2v) is 14.0. The summed E-state index contributed by atoms with van der Waals surface area (Å²) < 4.78 is 33.4. The number of ketones is 1. The van der Waals surface area contributed by atoms with Gasteiger partial charge in [-0.25, -0.2) is 4.39 Å². The number of carbonyl (C=O) groups is 1. The lowest BCUT2D eigenvalue weighted by Gasteiger charge is -2.28. The highest BCUT2D eigenvalue weighted by molar-refractivity contribution is 6.30. The first kappa shape index (κ1) is 39.1. The molecule has 0 unspecified atom stereocenters. The van der Waals surface area contributed by atoms with E-state index in [1.54, 1.807) is 80.6 Å². The molecule has 1 heterocycles. The first-order chi connectivity index (χ1) is 25.2. The number of fused-ring (bicyclic) bond motifs is 1. The van der Waals surface area contributed by atoms with Gasteiger partial charge in [0.2, 0.25) is 6.79 Å². The molecule has 276 valence electrons. The summed E-state index contributed by atoms with van der Waals surface area (Å²) >= 11 is 5.93. The zero-order valence-corrected chi connectivity index (χ0v) is 31.1. The minimum atomic E-state index is -0.962. The first-order valence-corrected chi connectivity index (χ1v) is 17.8. The van der Waals surface area contributed by atoms with Crippen LogP contribution in [-0.4, -0.2) is 45.2 Å². The monoisotopic (exact) mass is 737 g/mol. The van der Waals surface area contributed by atoms with Crippen LogP contribution in [0.15, 0.2) is 128 Å². The summed E-state index contributed by atoms with van der Waals surface area (Å²) in [5.74, 6) is 0.654. The molecule has 0 aliphatic heterocycles. The molecule has 7 nitrogen and oxygen atoms in total. The quantitative estimate of drug-likeness (QED) is 0.0561. The van der Waals surface area contributed by atoms with E-state index >= 15 is 0 Å². The van der Waals surface area contributed by atoms with Crippen molar-refractivity contribution in [3.05, 3.63) is 155 Å². The van der Waals surface area contributed by atoms with Crippen molar-refractivity contribution in [2.75, 3.05) is 6.79 Å². The molecule has 0 bridgehead atoms. The van der Waals surface area contributed by atoms with E-state index < -0.39 is 17.8 Å². The number of aliphatic hydroxyl groups is 2. The summed E-state index contributed by atoms with van der Waals surface area (Å²) in [7, 11) is 0. The fraction of sp³-hybridized carbons (Fsp3) is 0.250. The SMILES string of the molecule is C=C(C[C@@H](O)C[C@@H](O)/C=C/c1c(-c2ccc(F)cc2)c2ccccc2n1C(C)C)OCOC(=C)C(C)(C)Oc1ccc(C(=O)c2ccc(Cl)cc2)cc1. The molecule has 53 heavy (non-hydrogen) atoms. The molecular weight excluding hydrogens is 693 g/mol. The first-order valence-electron chi connectivity index (χ1n) is 17.4. The lowest BCUT2D eigenvalue weighted by molar-refractivity contribution is -0.0326. The van der Waals surface area contributed by atoms with E-state index in [-0.39, 0.29) is 43.0 Å². The largest absolute Gasteiger partial charge is 0.480 e. The van der Waals surface area contributed by atoms with E-state index in [0.717, 1.165) is 27.7 Å². The Morgan fingerprint density at radius 2 is 1.53 bits per heavy atom. The third-order valence-electron chi connectivity index (χ3n) is 8.81. The van der Waals surface area contributed by atoms with Crippen molar-refractivity contribution in [2.45, 2.75) is 64.4 Å². The lowest BCUT2D eigenvalue weighted by atomic mass is 10.0. The summed E-state index contributed by atoms with van der Waals surface area (Å²) in [6.07, 6.45) is 1.75. The van der Waals surface area contributed by atoms with E-state index in [1.165, 1.54) is 12.1 Å².